The summed E-state index contributed by atoms with van der Waals surface area (Å²) < 4.78 is 18.7. The number of benzene rings is 1. The molecule has 0 spiro atoms. The van der Waals surface area contributed by atoms with E-state index in [0.717, 1.165) is 51.6 Å². The number of carbonyl (C=O) groups is 2. The maximum Gasteiger partial charge on any atom is 0.231 e. The molecular weight excluding hydrogens is 460 g/mol. The van der Waals surface area contributed by atoms with Gasteiger partial charge in [0, 0.05) is 18.5 Å². The number of hydrogen-bond acceptors (Lipinski definition) is 5. The number of anilines is 1. The maximum absolute atomic E-state index is 12.9. The van der Waals surface area contributed by atoms with Crippen LogP contribution in [0.25, 0.3) is 0 Å². The van der Waals surface area contributed by atoms with Crippen molar-refractivity contribution in [3.8, 4) is 0 Å². The third-order valence-electron chi connectivity index (χ3n) is 5.26. The minimum absolute atomic E-state index is 0.166. The number of ketones is 1. The molecule has 0 aliphatic heterocycles. The molecular formula is C25H41ClN2O4S. The van der Waals surface area contributed by atoms with Crippen LogP contribution in [0.15, 0.2) is 23.1 Å². The third-order valence-corrected chi connectivity index (χ3v) is 6.57. The highest BCUT2D eigenvalue weighted by molar-refractivity contribution is 7.80. The van der Waals surface area contributed by atoms with Gasteiger partial charge in [0.15, 0.2) is 0 Å². The van der Waals surface area contributed by atoms with Crippen LogP contribution in [0.4, 0.5) is 5.69 Å². The first-order valence-electron chi connectivity index (χ1n) is 12.1. The van der Waals surface area contributed by atoms with Crippen LogP contribution in [0.5, 0.6) is 0 Å². The number of hydroxylamine groups is 2. The number of rotatable bonds is 16. The van der Waals surface area contributed by atoms with E-state index < -0.39 is 22.4 Å². The van der Waals surface area contributed by atoms with Gasteiger partial charge in [-0.3, -0.25) is 9.59 Å². The Bertz CT molecular complexity index is 768. The van der Waals surface area contributed by atoms with Crippen molar-refractivity contribution in [2.75, 3.05) is 18.4 Å². The molecule has 0 aromatic heterocycles. The van der Waals surface area contributed by atoms with Crippen molar-refractivity contribution in [2.24, 2.45) is 5.41 Å². The zero-order chi connectivity index (χ0) is 24.9. The van der Waals surface area contributed by atoms with E-state index in [9.17, 15) is 13.8 Å². The Morgan fingerprint density at radius 2 is 1.58 bits per heavy atom. The molecule has 1 aromatic rings. The van der Waals surface area contributed by atoms with E-state index in [4.69, 9.17) is 15.9 Å². The Balaban J connectivity index is 2.80. The number of nitrogens with one attached hydrogen (secondary N) is 1. The number of carbonyl (C=O) groups excluding carboxylic acids is 2. The fourth-order valence-electron chi connectivity index (χ4n) is 3.06. The van der Waals surface area contributed by atoms with E-state index >= 15 is 0 Å². The summed E-state index contributed by atoms with van der Waals surface area (Å²) in [4.78, 5) is 24.9. The second-order valence-corrected chi connectivity index (χ2v) is 10.9. The first-order valence-corrected chi connectivity index (χ1v) is 13.5. The van der Waals surface area contributed by atoms with Crippen LogP contribution < -0.4 is 5.32 Å². The van der Waals surface area contributed by atoms with Gasteiger partial charge in [-0.05, 0) is 31.0 Å². The van der Waals surface area contributed by atoms with Gasteiger partial charge in [-0.15, -0.1) is 0 Å². The molecule has 1 unspecified atom stereocenters. The Labute approximate surface area is 207 Å². The standard InChI is InChI=1S/C25H41ClN2O4S/c1-6-8-10-12-16-28(17-13-11-9-7-2)32-33(31)20-14-15-21(26)22(18-20)27-24(30)19-23(29)25(3,4)5/h14-15,18H,6-13,16-17,19H2,1-5H3,(H,27,30). The second-order valence-electron chi connectivity index (χ2n) is 9.40. The highest BCUT2D eigenvalue weighted by atomic mass is 35.5. The lowest BCUT2D eigenvalue weighted by Gasteiger charge is -2.21. The molecule has 0 saturated carbocycles. The molecule has 1 amide bonds. The summed E-state index contributed by atoms with van der Waals surface area (Å²) in [7, 11) is 0. The molecule has 8 heteroatoms. The van der Waals surface area contributed by atoms with Crippen molar-refractivity contribution in [3.05, 3.63) is 23.2 Å². The first kappa shape index (κ1) is 29.8. The van der Waals surface area contributed by atoms with Gasteiger partial charge in [-0.25, -0.2) is 4.21 Å². The van der Waals surface area contributed by atoms with Crippen LogP contribution in [0, 0.1) is 5.41 Å². The zero-order valence-corrected chi connectivity index (χ0v) is 22.4. The van der Waals surface area contributed by atoms with Gasteiger partial charge in [0.2, 0.25) is 17.0 Å². The van der Waals surface area contributed by atoms with E-state index in [-0.39, 0.29) is 12.2 Å². The Morgan fingerprint density at radius 1 is 1.00 bits per heavy atom. The molecule has 0 saturated heterocycles. The predicted octanol–water partition coefficient (Wildman–Crippen LogP) is 6.70. The highest BCUT2D eigenvalue weighted by Gasteiger charge is 2.24. The molecule has 0 bridgehead atoms. The first-order chi connectivity index (χ1) is 15.6. The van der Waals surface area contributed by atoms with E-state index in [0.29, 0.717) is 15.6 Å². The lowest BCUT2D eigenvalue weighted by molar-refractivity contribution is -0.130. The van der Waals surface area contributed by atoms with Crippen molar-refractivity contribution >= 4 is 40.1 Å². The fraction of sp³-hybridized carbons (Fsp3) is 0.680. The van der Waals surface area contributed by atoms with E-state index in [1.807, 2.05) is 0 Å². The summed E-state index contributed by atoms with van der Waals surface area (Å²) in [6, 6.07) is 4.75. The van der Waals surface area contributed by atoms with Crippen LogP contribution in [-0.2, 0) is 25.0 Å². The van der Waals surface area contributed by atoms with Crippen LogP contribution in [0.1, 0.15) is 92.4 Å². The molecule has 1 N–H and O–H groups in total. The van der Waals surface area contributed by atoms with Gasteiger partial charge in [0.25, 0.3) is 0 Å². The largest absolute Gasteiger partial charge is 0.324 e. The van der Waals surface area contributed by atoms with Crippen molar-refractivity contribution in [2.45, 2.75) is 97.3 Å². The lowest BCUT2D eigenvalue weighted by atomic mass is 9.89. The second kappa shape index (κ2) is 15.6. The zero-order valence-electron chi connectivity index (χ0n) is 20.9. The van der Waals surface area contributed by atoms with Crippen LogP contribution >= 0.6 is 11.6 Å². The summed E-state index contributed by atoms with van der Waals surface area (Å²) in [6.45, 7) is 11.1. The molecule has 0 heterocycles. The van der Waals surface area contributed by atoms with Gasteiger partial charge in [0.1, 0.15) is 5.78 Å². The summed E-state index contributed by atoms with van der Waals surface area (Å²) in [5.74, 6) is -0.616. The smallest absolute Gasteiger partial charge is 0.231 e. The van der Waals surface area contributed by atoms with Gasteiger partial charge < -0.3 is 5.32 Å². The summed E-state index contributed by atoms with van der Waals surface area (Å²) in [5.41, 5.74) is -0.286. The van der Waals surface area contributed by atoms with Gasteiger partial charge >= 0.3 is 0 Å². The Kier molecular flexibility index (Phi) is 14.1. The molecule has 0 aliphatic rings. The van der Waals surface area contributed by atoms with Crippen LogP contribution in [0.3, 0.4) is 0 Å². The number of amides is 1. The number of Topliss-reactive ketones (excluding diaryl/α,β-unsaturated/α-hetero) is 1. The number of hydrogen-bond donors (Lipinski definition) is 1. The van der Waals surface area contributed by atoms with Crippen LogP contribution in [-0.4, -0.2) is 34.1 Å². The van der Waals surface area contributed by atoms with Gasteiger partial charge in [-0.1, -0.05) is 84.7 Å². The Hall–Kier alpha value is -1.28. The van der Waals surface area contributed by atoms with Crippen molar-refractivity contribution in [1.29, 1.82) is 0 Å². The lowest BCUT2D eigenvalue weighted by Crippen LogP contribution is -2.28. The molecule has 1 aromatic carbocycles. The molecule has 1 atom stereocenters. The van der Waals surface area contributed by atoms with Crippen molar-refractivity contribution in [3.63, 3.8) is 0 Å². The molecule has 0 aliphatic carbocycles. The number of halogens is 1. The minimum atomic E-state index is -1.74. The monoisotopic (exact) mass is 500 g/mol. The summed E-state index contributed by atoms with van der Waals surface area (Å²) >= 11 is 4.49. The molecule has 188 valence electrons. The molecule has 6 nitrogen and oxygen atoms in total. The van der Waals surface area contributed by atoms with E-state index in [2.05, 4.69) is 19.2 Å². The quantitative estimate of drug-likeness (QED) is 0.155. The molecule has 0 radical (unpaired) electrons. The SMILES string of the molecule is CCCCCCN(CCCCCC)OS(=O)c1ccc(Cl)c(NC(=O)CC(=O)C(C)(C)C)c1. The summed E-state index contributed by atoms with van der Waals surface area (Å²) in [5, 5.41) is 4.77. The average molecular weight is 501 g/mol. The summed E-state index contributed by atoms with van der Waals surface area (Å²) in [6.07, 6.45) is 8.62. The highest BCUT2D eigenvalue weighted by Crippen LogP contribution is 2.26. The van der Waals surface area contributed by atoms with Crippen molar-refractivity contribution in [1.82, 2.24) is 5.06 Å². The van der Waals surface area contributed by atoms with Gasteiger partial charge in [0.05, 0.1) is 22.0 Å². The number of unbranched alkanes of at least 4 members (excludes halogenated alkanes) is 6. The fourth-order valence-corrected chi connectivity index (χ4v) is 4.05. The van der Waals surface area contributed by atoms with Gasteiger partial charge in [-0.2, -0.15) is 9.35 Å². The maximum atomic E-state index is 12.9. The third kappa shape index (κ3) is 12.1. The molecule has 0 fully saturated rings. The van der Waals surface area contributed by atoms with E-state index in [1.54, 1.807) is 44.0 Å². The molecule has 1 rings (SSSR count). The minimum Gasteiger partial charge on any atom is -0.324 e. The number of nitrogens with zero attached hydrogens (tertiary/aromatic N) is 1. The van der Waals surface area contributed by atoms with Crippen LogP contribution in [0.2, 0.25) is 5.02 Å². The van der Waals surface area contributed by atoms with E-state index in [1.165, 1.54) is 12.8 Å². The predicted molar refractivity (Wildman–Crippen MR) is 137 cm³/mol. The topological polar surface area (TPSA) is 75.7 Å². The normalized spacial score (nSPS) is 12.7. The van der Waals surface area contributed by atoms with Crippen molar-refractivity contribution < 1.29 is 18.1 Å². The average Bonchev–Trinajstić information content (AvgIpc) is 2.74. The Morgan fingerprint density at radius 3 is 2.09 bits per heavy atom. The molecule has 33 heavy (non-hydrogen) atoms.